The fourth-order valence-corrected chi connectivity index (χ4v) is 3.50. The molecule has 1 aromatic carbocycles. The molecular formula is C16H22ClNO2. The molecule has 1 atom stereocenters. The summed E-state index contributed by atoms with van der Waals surface area (Å²) in [6.07, 6.45) is 4.19. The Balaban J connectivity index is 1.65. The summed E-state index contributed by atoms with van der Waals surface area (Å²) in [5.41, 5.74) is 2.72. The van der Waals surface area contributed by atoms with Crippen LogP contribution in [0.3, 0.4) is 0 Å². The van der Waals surface area contributed by atoms with Crippen molar-refractivity contribution in [3.8, 4) is 0 Å². The SMILES string of the molecule is COC1(CN[C@@H]2CCc3cc(Cl)ccc32)CCOCC1. The average Bonchev–Trinajstić information content (AvgIpc) is 2.88. The van der Waals surface area contributed by atoms with Gasteiger partial charge >= 0.3 is 0 Å². The summed E-state index contributed by atoms with van der Waals surface area (Å²) in [6, 6.07) is 6.67. The molecular weight excluding hydrogens is 274 g/mol. The van der Waals surface area contributed by atoms with E-state index in [9.17, 15) is 0 Å². The molecule has 0 spiro atoms. The minimum Gasteiger partial charge on any atom is -0.381 e. The predicted molar refractivity (Wildman–Crippen MR) is 80.3 cm³/mol. The van der Waals surface area contributed by atoms with Crippen molar-refractivity contribution in [2.75, 3.05) is 26.9 Å². The van der Waals surface area contributed by atoms with Crippen molar-refractivity contribution in [3.63, 3.8) is 0 Å². The summed E-state index contributed by atoms with van der Waals surface area (Å²) in [4.78, 5) is 0. The summed E-state index contributed by atoms with van der Waals surface area (Å²) in [6.45, 7) is 2.48. The molecule has 0 bridgehead atoms. The maximum absolute atomic E-state index is 6.06. The predicted octanol–water partition coefficient (Wildman–Crippen LogP) is 3.11. The van der Waals surface area contributed by atoms with E-state index in [0.29, 0.717) is 6.04 Å². The minimum atomic E-state index is -0.0621. The van der Waals surface area contributed by atoms with Gasteiger partial charge in [0.15, 0.2) is 0 Å². The molecule has 0 amide bonds. The third-order valence-electron chi connectivity index (χ3n) is 4.69. The van der Waals surface area contributed by atoms with E-state index in [2.05, 4.69) is 17.4 Å². The first kappa shape index (κ1) is 14.3. The second kappa shape index (κ2) is 6.02. The van der Waals surface area contributed by atoms with Gasteiger partial charge in [0.25, 0.3) is 0 Å². The topological polar surface area (TPSA) is 30.5 Å². The number of hydrogen-bond donors (Lipinski definition) is 1. The number of fused-ring (bicyclic) bond motifs is 1. The molecule has 1 aliphatic carbocycles. The van der Waals surface area contributed by atoms with Crippen LogP contribution in [0, 0.1) is 0 Å². The zero-order chi connectivity index (χ0) is 14.0. The molecule has 110 valence electrons. The first-order valence-electron chi connectivity index (χ1n) is 7.37. The van der Waals surface area contributed by atoms with Gasteiger partial charge in [-0.25, -0.2) is 0 Å². The Morgan fingerprint density at radius 2 is 2.20 bits per heavy atom. The van der Waals surface area contributed by atoms with E-state index in [4.69, 9.17) is 21.1 Å². The van der Waals surface area contributed by atoms with Crippen LogP contribution >= 0.6 is 11.6 Å². The van der Waals surface area contributed by atoms with E-state index in [1.54, 1.807) is 0 Å². The Morgan fingerprint density at radius 1 is 1.40 bits per heavy atom. The van der Waals surface area contributed by atoms with Gasteiger partial charge in [-0.2, -0.15) is 0 Å². The molecule has 0 aromatic heterocycles. The van der Waals surface area contributed by atoms with E-state index >= 15 is 0 Å². The van der Waals surface area contributed by atoms with Crippen LogP contribution in [0.25, 0.3) is 0 Å². The van der Waals surface area contributed by atoms with Crippen LogP contribution in [0.15, 0.2) is 18.2 Å². The van der Waals surface area contributed by atoms with Crippen molar-refractivity contribution in [2.45, 2.75) is 37.3 Å². The van der Waals surface area contributed by atoms with Gasteiger partial charge in [0.1, 0.15) is 0 Å². The van der Waals surface area contributed by atoms with Crippen LogP contribution in [-0.4, -0.2) is 32.5 Å². The highest BCUT2D eigenvalue weighted by Crippen LogP contribution is 2.34. The lowest BCUT2D eigenvalue weighted by Gasteiger charge is -2.37. The second-order valence-electron chi connectivity index (χ2n) is 5.81. The first-order valence-corrected chi connectivity index (χ1v) is 7.75. The Kier molecular flexibility index (Phi) is 4.32. The van der Waals surface area contributed by atoms with Crippen molar-refractivity contribution in [3.05, 3.63) is 34.3 Å². The molecule has 3 rings (SSSR count). The minimum absolute atomic E-state index is 0.0621. The van der Waals surface area contributed by atoms with Crippen LogP contribution in [0.1, 0.15) is 36.4 Å². The number of aryl methyl sites for hydroxylation is 1. The smallest absolute Gasteiger partial charge is 0.0846 e. The van der Waals surface area contributed by atoms with E-state index in [1.165, 1.54) is 11.1 Å². The molecule has 1 aliphatic heterocycles. The van der Waals surface area contributed by atoms with Gasteiger partial charge in [0.05, 0.1) is 5.60 Å². The highest BCUT2D eigenvalue weighted by molar-refractivity contribution is 6.30. The fraction of sp³-hybridized carbons (Fsp3) is 0.625. The normalized spacial score (nSPS) is 24.6. The summed E-state index contributed by atoms with van der Waals surface area (Å²) >= 11 is 6.06. The van der Waals surface area contributed by atoms with Crippen molar-refractivity contribution in [2.24, 2.45) is 0 Å². The molecule has 1 fully saturated rings. The Morgan fingerprint density at radius 3 is 2.95 bits per heavy atom. The van der Waals surface area contributed by atoms with Gasteiger partial charge in [-0.3, -0.25) is 0 Å². The molecule has 4 heteroatoms. The zero-order valence-corrected chi connectivity index (χ0v) is 12.7. The molecule has 1 aromatic rings. The lowest BCUT2D eigenvalue weighted by molar-refractivity contribution is -0.0886. The molecule has 3 nitrogen and oxygen atoms in total. The maximum Gasteiger partial charge on any atom is 0.0846 e. The number of benzene rings is 1. The van der Waals surface area contributed by atoms with Gasteiger partial charge in [-0.1, -0.05) is 17.7 Å². The summed E-state index contributed by atoms with van der Waals surface area (Å²) in [5.74, 6) is 0. The molecule has 2 aliphatic rings. The zero-order valence-electron chi connectivity index (χ0n) is 12.0. The van der Waals surface area contributed by atoms with Crippen LogP contribution < -0.4 is 5.32 Å². The third kappa shape index (κ3) is 2.86. The van der Waals surface area contributed by atoms with Crippen molar-refractivity contribution < 1.29 is 9.47 Å². The monoisotopic (exact) mass is 295 g/mol. The molecule has 1 N–H and O–H groups in total. The number of methoxy groups -OCH3 is 1. The molecule has 20 heavy (non-hydrogen) atoms. The summed E-state index contributed by atoms with van der Waals surface area (Å²) in [5, 5.41) is 4.53. The van der Waals surface area contributed by atoms with Crippen LogP contribution in [0.4, 0.5) is 0 Å². The Labute approximate surface area is 125 Å². The largest absolute Gasteiger partial charge is 0.381 e. The second-order valence-corrected chi connectivity index (χ2v) is 6.25. The van der Waals surface area contributed by atoms with Crippen molar-refractivity contribution >= 4 is 11.6 Å². The number of halogens is 1. The highest BCUT2D eigenvalue weighted by Gasteiger charge is 2.34. The maximum atomic E-state index is 6.06. The molecule has 1 saturated heterocycles. The van der Waals surface area contributed by atoms with Gasteiger partial charge in [0, 0.05) is 50.8 Å². The van der Waals surface area contributed by atoms with Gasteiger partial charge in [-0.15, -0.1) is 0 Å². The fourth-order valence-electron chi connectivity index (χ4n) is 3.30. The average molecular weight is 296 g/mol. The third-order valence-corrected chi connectivity index (χ3v) is 4.93. The number of ether oxygens (including phenoxy) is 2. The van der Waals surface area contributed by atoms with E-state index in [0.717, 1.165) is 50.5 Å². The van der Waals surface area contributed by atoms with Crippen molar-refractivity contribution in [1.29, 1.82) is 0 Å². The van der Waals surface area contributed by atoms with Gasteiger partial charge in [-0.05, 0) is 36.1 Å². The number of nitrogens with one attached hydrogen (secondary N) is 1. The van der Waals surface area contributed by atoms with E-state index in [1.807, 2.05) is 13.2 Å². The van der Waals surface area contributed by atoms with E-state index in [-0.39, 0.29) is 5.60 Å². The summed E-state index contributed by atoms with van der Waals surface area (Å²) < 4.78 is 11.2. The van der Waals surface area contributed by atoms with Crippen LogP contribution in [0.2, 0.25) is 5.02 Å². The lowest BCUT2D eigenvalue weighted by atomic mass is 9.93. The first-order chi connectivity index (χ1) is 9.72. The van der Waals surface area contributed by atoms with Gasteiger partial charge < -0.3 is 14.8 Å². The number of rotatable bonds is 4. The quantitative estimate of drug-likeness (QED) is 0.926. The van der Waals surface area contributed by atoms with Crippen molar-refractivity contribution in [1.82, 2.24) is 5.32 Å². The Hall–Kier alpha value is -0.610. The molecule has 0 saturated carbocycles. The van der Waals surface area contributed by atoms with Crippen LogP contribution in [-0.2, 0) is 15.9 Å². The van der Waals surface area contributed by atoms with E-state index < -0.39 is 0 Å². The molecule has 0 unspecified atom stereocenters. The summed E-state index contributed by atoms with van der Waals surface area (Å²) in [7, 11) is 1.81. The number of hydrogen-bond acceptors (Lipinski definition) is 3. The standard InChI is InChI=1S/C16H22ClNO2/c1-19-16(6-8-20-9-7-16)11-18-15-5-2-12-10-13(17)3-4-14(12)15/h3-4,10,15,18H,2,5-9,11H2,1H3/t15-/m1/s1. The van der Waals surface area contributed by atoms with Gasteiger partial charge in [0.2, 0.25) is 0 Å². The molecule has 0 radical (unpaired) electrons. The molecule has 1 heterocycles. The lowest BCUT2D eigenvalue weighted by Crippen LogP contribution is -2.47. The van der Waals surface area contributed by atoms with Crippen LogP contribution in [0.5, 0.6) is 0 Å². The Bertz CT molecular complexity index is 472. The highest BCUT2D eigenvalue weighted by atomic mass is 35.5.